The van der Waals surface area contributed by atoms with E-state index in [0.29, 0.717) is 12.1 Å². The molecule has 0 fully saturated rings. The third-order valence-electron chi connectivity index (χ3n) is 3.44. The van der Waals surface area contributed by atoms with E-state index in [1.165, 1.54) is 7.11 Å². The first-order valence-electron chi connectivity index (χ1n) is 6.63. The van der Waals surface area contributed by atoms with Crippen LogP contribution in [0.15, 0.2) is 41.0 Å². The van der Waals surface area contributed by atoms with E-state index in [4.69, 9.17) is 9.15 Å². The zero-order chi connectivity index (χ0) is 15.4. The van der Waals surface area contributed by atoms with Gasteiger partial charge in [0, 0.05) is 12.1 Å². The number of hydrogen-bond acceptors (Lipinski definition) is 5. The van der Waals surface area contributed by atoms with E-state index in [9.17, 15) is 9.90 Å². The third kappa shape index (κ3) is 3.44. The quantitative estimate of drug-likeness (QED) is 0.857. The summed E-state index contributed by atoms with van der Waals surface area (Å²) in [7, 11) is 3.19. The van der Waals surface area contributed by atoms with Crippen LogP contribution in [0.3, 0.4) is 0 Å². The van der Waals surface area contributed by atoms with E-state index in [1.54, 1.807) is 30.5 Å². The van der Waals surface area contributed by atoms with Crippen LogP contribution in [-0.4, -0.2) is 30.1 Å². The molecule has 0 saturated heterocycles. The van der Waals surface area contributed by atoms with Crippen molar-refractivity contribution in [3.63, 3.8) is 0 Å². The summed E-state index contributed by atoms with van der Waals surface area (Å²) in [6.07, 6.45) is 1.63. The number of methoxy groups -OCH3 is 1. The van der Waals surface area contributed by atoms with Crippen LogP contribution in [0.2, 0.25) is 0 Å². The van der Waals surface area contributed by atoms with Gasteiger partial charge in [-0.3, -0.25) is 4.90 Å². The summed E-state index contributed by atoms with van der Waals surface area (Å²) in [6.45, 7) is 2.42. The molecule has 21 heavy (non-hydrogen) atoms. The van der Waals surface area contributed by atoms with Crippen molar-refractivity contribution in [1.82, 2.24) is 4.90 Å². The Kier molecular flexibility index (Phi) is 4.65. The van der Waals surface area contributed by atoms with Crippen molar-refractivity contribution in [3.05, 3.63) is 53.5 Å². The van der Waals surface area contributed by atoms with Gasteiger partial charge in [0.2, 0.25) is 0 Å². The molecule has 0 bridgehead atoms. The van der Waals surface area contributed by atoms with Crippen LogP contribution in [0.5, 0.6) is 5.75 Å². The first-order chi connectivity index (χ1) is 10.0. The molecular weight excluding hydrogens is 270 g/mol. The lowest BCUT2D eigenvalue weighted by Crippen LogP contribution is -2.31. The number of benzene rings is 1. The number of hydrogen-bond donors (Lipinski definition) is 1. The van der Waals surface area contributed by atoms with E-state index in [-0.39, 0.29) is 11.7 Å². The van der Waals surface area contributed by atoms with Crippen LogP contribution in [0.25, 0.3) is 0 Å². The second-order valence-corrected chi connectivity index (χ2v) is 4.94. The van der Waals surface area contributed by atoms with Crippen LogP contribution in [0.4, 0.5) is 0 Å². The second kappa shape index (κ2) is 6.45. The van der Waals surface area contributed by atoms with E-state index < -0.39 is 6.04 Å². The molecule has 1 aromatic carbocycles. The first kappa shape index (κ1) is 15.1. The third-order valence-corrected chi connectivity index (χ3v) is 3.44. The summed E-state index contributed by atoms with van der Waals surface area (Å²) < 4.78 is 10.2. The lowest BCUT2D eigenvalue weighted by Gasteiger charge is -2.26. The largest absolute Gasteiger partial charge is 0.508 e. The lowest BCUT2D eigenvalue weighted by atomic mass is 10.0. The van der Waals surface area contributed by atoms with Crippen molar-refractivity contribution in [3.8, 4) is 5.75 Å². The Morgan fingerprint density at radius 3 is 2.76 bits per heavy atom. The average molecular weight is 289 g/mol. The molecule has 112 valence electrons. The molecule has 0 aliphatic rings. The maximum Gasteiger partial charge on any atom is 0.327 e. The topological polar surface area (TPSA) is 62.9 Å². The van der Waals surface area contributed by atoms with Crippen LogP contribution in [0.1, 0.15) is 22.9 Å². The van der Waals surface area contributed by atoms with Crippen molar-refractivity contribution in [2.45, 2.75) is 19.5 Å². The molecule has 1 unspecified atom stereocenters. The van der Waals surface area contributed by atoms with E-state index in [1.807, 2.05) is 24.9 Å². The number of phenolic OH excluding ortho intramolecular Hbond substituents is 1. The molecule has 0 spiro atoms. The number of aromatic hydroxyl groups is 1. The van der Waals surface area contributed by atoms with Crippen LogP contribution in [0, 0.1) is 6.92 Å². The zero-order valence-electron chi connectivity index (χ0n) is 12.4. The molecule has 2 aromatic rings. The van der Waals surface area contributed by atoms with Gasteiger partial charge in [-0.2, -0.15) is 0 Å². The average Bonchev–Trinajstić information content (AvgIpc) is 2.84. The minimum atomic E-state index is -0.587. The Balaban J connectivity index is 2.27. The Labute approximate surface area is 123 Å². The number of carbonyl (C=O) groups excluding carboxylic acids is 1. The summed E-state index contributed by atoms with van der Waals surface area (Å²) in [4.78, 5) is 14.0. The van der Waals surface area contributed by atoms with Gasteiger partial charge in [-0.1, -0.05) is 12.1 Å². The zero-order valence-corrected chi connectivity index (χ0v) is 12.4. The Bertz CT molecular complexity index is 620. The van der Waals surface area contributed by atoms with Crippen LogP contribution in [-0.2, 0) is 16.1 Å². The normalized spacial score (nSPS) is 12.4. The molecule has 5 nitrogen and oxygen atoms in total. The van der Waals surface area contributed by atoms with Crippen LogP contribution < -0.4 is 0 Å². The maximum atomic E-state index is 12.1. The van der Waals surface area contributed by atoms with E-state index in [2.05, 4.69) is 0 Å². The molecular formula is C16H19NO4. The van der Waals surface area contributed by atoms with Crippen molar-refractivity contribution >= 4 is 5.97 Å². The van der Waals surface area contributed by atoms with Crippen molar-refractivity contribution < 1.29 is 19.1 Å². The van der Waals surface area contributed by atoms with Gasteiger partial charge < -0.3 is 14.3 Å². The highest BCUT2D eigenvalue weighted by molar-refractivity contribution is 5.77. The van der Waals surface area contributed by atoms with Gasteiger partial charge in [-0.05, 0) is 37.7 Å². The molecule has 0 amide bonds. The SMILES string of the molecule is COC(=O)C(c1cccc(O)c1)N(C)Cc1ccoc1C. The number of aryl methyl sites for hydroxylation is 1. The molecule has 0 aliphatic heterocycles. The van der Waals surface area contributed by atoms with Gasteiger partial charge in [0.05, 0.1) is 13.4 Å². The molecule has 1 N–H and O–H groups in total. The van der Waals surface area contributed by atoms with Gasteiger partial charge in [0.15, 0.2) is 0 Å². The molecule has 5 heteroatoms. The monoisotopic (exact) mass is 289 g/mol. The van der Waals surface area contributed by atoms with Gasteiger partial charge in [-0.15, -0.1) is 0 Å². The van der Waals surface area contributed by atoms with Crippen LogP contribution >= 0.6 is 0 Å². The highest BCUT2D eigenvalue weighted by Crippen LogP contribution is 2.26. The van der Waals surface area contributed by atoms with E-state index >= 15 is 0 Å². The predicted molar refractivity (Wildman–Crippen MR) is 77.8 cm³/mol. The summed E-state index contributed by atoms with van der Waals surface area (Å²) in [6, 6.07) is 7.93. The number of furan rings is 1. The predicted octanol–water partition coefficient (Wildman–Crippen LogP) is 2.64. The number of rotatable bonds is 5. The number of ether oxygens (including phenoxy) is 1. The maximum absolute atomic E-state index is 12.1. The summed E-state index contributed by atoms with van der Waals surface area (Å²) >= 11 is 0. The smallest absolute Gasteiger partial charge is 0.327 e. The fourth-order valence-corrected chi connectivity index (χ4v) is 2.31. The van der Waals surface area contributed by atoms with Gasteiger partial charge >= 0.3 is 5.97 Å². The van der Waals surface area contributed by atoms with E-state index in [0.717, 1.165) is 11.3 Å². The minimum absolute atomic E-state index is 0.120. The number of likely N-dealkylation sites (N-methyl/N-ethyl adjacent to an activating group) is 1. The molecule has 1 heterocycles. The number of esters is 1. The Morgan fingerprint density at radius 1 is 1.43 bits per heavy atom. The minimum Gasteiger partial charge on any atom is -0.508 e. The van der Waals surface area contributed by atoms with Gasteiger partial charge in [0.25, 0.3) is 0 Å². The number of phenols is 1. The fraction of sp³-hybridized carbons (Fsp3) is 0.312. The standard InChI is InChI=1S/C16H19NO4/c1-11-13(7-8-21-11)10-17(2)15(16(19)20-3)12-5-4-6-14(18)9-12/h4-9,15,18H,10H2,1-3H3. The summed E-state index contributed by atoms with van der Waals surface area (Å²) in [5.74, 6) is 0.569. The van der Waals surface area contributed by atoms with Crippen molar-refractivity contribution in [1.29, 1.82) is 0 Å². The van der Waals surface area contributed by atoms with Crippen molar-refractivity contribution in [2.75, 3.05) is 14.2 Å². The summed E-state index contributed by atoms with van der Waals surface area (Å²) in [5.41, 5.74) is 1.69. The fourth-order valence-electron chi connectivity index (χ4n) is 2.31. The molecule has 0 aliphatic carbocycles. The first-order valence-corrected chi connectivity index (χ1v) is 6.63. The highest BCUT2D eigenvalue weighted by Gasteiger charge is 2.27. The molecule has 1 atom stereocenters. The highest BCUT2D eigenvalue weighted by atomic mass is 16.5. The van der Waals surface area contributed by atoms with Gasteiger partial charge in [-0.25, -0.2) is 4.79 Å². The molecule has 0 radical (unpaired) electrons. The second-order valence-electron chi connectivity index (χ2n) is 4.94. The lowest BCUT2D eigenvalue weighted by molar-refractivity contribution is -0.147. The Morgan fingerprint density at radius 2 is 2.19 bits per heavy atom. The molecule has 0 saturated carbocycles. The molecule has 2 rings (SSSR count). The Hall–Kier alpha value is -2.27. The number of nitrogens with zero attached hydrogens (tertiary/aromatic N) is 1. The van der Waals surface area contributed by atoms with Crippen molar-refractivity contribution in [2.24, 2.45) is 0 Å². The summed E-state index contributed by atoms with van der Waals surface area (Å²) in [5, 5.41) is 9.61. The molecule has 1 aromatic heterocycles. The number of carbonyl (C=O) groups is 1. The van der Waals surface area contributed by atoms with Gasteiger partial charge in [0.1, 0.15) is 17.6 Å².